The standard InChI is InChI=1S/C37H27NO/c1-3-10-36-30(4-2)33-23-27(18-22-37(33)39-36)28-17-21-32-31-13-8-9-14-34(31)38(35(32)24-28)29-19-15-26(16-20-29)25-11-6-5-7-12-25/h3-24H,1H2,2H3/b30-4-,36-10+. The SMILES string of the molecule is C=C/C=c1/oc2ccc(-c3ccc4c5ccccc5n(-c5ccc(-c6ccccc6)cc5)c4c3)cc2/c1=C/C. The van der Waals surface area contributed by atoms with Gasteiger partial charge in [0, 0.05) is 27.1 Å². The number of allylic oxidation sites excluding steroid dienone is 1. The van der Waals surface area contributed by atoms with E-state index in [0.29, 0.717) is 0 Å². The molecule has 186 valence electrons. The quantitative estimate of drug-likeness (QED) is 0.236. The highest BCUT2D eigenvalue weighted by Crippen LogP contribution is 2.35. The van der Waals surface area contributed by atoms with Crippen LogP contribution >= 0.6 is 0 Å². The smallest absolute Gasteiger partial charge is 0.135 e. The van der Waals surface area contributed by atoms with Crippen molar-refractivity contribution in [3.05, 3.63) is 139 Å². The monoisotopic (exact) mass is 501 g/mol. The minimum atomic E-state index is 0.842. The second-order valence-electron chi connectivity index (χ2n) is 9.78. The first-order chi connectivity index (χ1) is 19.2. The number of hydrogen-bond donors (Lipinski definition) is 0. The maximum Gasteiger partial charge on any atom is 0.135 e. The Labute approximate surface area is 227 Å². The van der Waals surface area contributed by atoms with Gasteiger partial charge in [0.1, 0.15) is 11.0 Å². The van der Waals surface area contributed by atoms with Crippen molar-refractivity contribution in [3.63, 3.8) is 0 Å². The first-order valence-electron chi connectivity index (χ1n) is 13.3. The van der Waals surface area contributed by atoms with Gasteiger partial charge in [0.25, 0.3) is 0 Å². The zero-order valence-electron chi connectivity index (χ0n) is 21.8. The van der Waals surface area contributed by atoms with Crippen molar-refractivity contribution in [1.29, 1.82) is 0 Å². The molecular formula is C37H27NO. The predicted molar refractivity (Wildman–Crippen MR) is 165 cm³/mol. The maximum atomic E-state index is 6.09. The van der Waals surface area contributed by atoms with E-state index in [1.165, 1.54) is 38.5 Å². The van der Waals surface area contributed by atoms with E-state index >= 15 is 0 Å². The van der Waals surface area contributed by atoms with Crippen LogP contribution in [-0.2, 0) is 0 Å². The van der Waals surface area contributed by atoms with Gasteiger partial charge in [0.15, 0.2) is 0 Å². The summed E-state index contributed by atoms with van der Waals surface area (Å²) in [5.41, 5.74) is 10.0. The molecule has 0 saturated heterocycles. The number of furan rings is 1. The molecule has 0 spiro atoms. The molecule has 5 aromatic carbocycles. The third kappa shape index (κ3) is 3.81. The molecule has 0 atom stereocenters. The van der Waals surface area contributed by atoms with Crippen molar-refractivity contribution in [3.8, 4) is 27.9 Å². The molecule has 0 N–H and O–H groups in total. The number of para-hydroxylation sites is 1. The van der Waals surface area contributed by atoms with Crippen molar-refractivity contribution in [1.82, 2.24) is 4.57 Å². The fraction of sp³-hybridized carbons (Fsp3) is 0.0270. The van der Waals surface area contributed by atoms with Crippen LogP contribution in [0, 0.1) is 0 Å². The van der Waals surface area contributed by atoms with Crippen LogP contribution in [0.15, 0.2) is 132 Å². The number of rotatable bonds is 4. The second kappa shape index (κ2) is 9.34. The highest BCUT2D eigenvalue weighted by Gasteiger charge is 2.14. The molecule has 0 unspecified atom stereocenters. The number of nitrogens with zero attached hydrogens (tertiary/aromatic N) is 1. The van der Waals surface area contributed by atoms with Gasteiger partial charge < -0.3 is 8.98 Å². The Balaban J connectivity index is 1.42. The highest BCUT2D eigenvalue weighted by molar-refractivity contribution is 6.10. The summed E-state index contributed by atoms with van der Waals surface area (Å²) in [5.74, 6) is 0. The molecule has 0 aliphatic rings. The first-order valence-corrected chi connectivity index (χ1v) is 13.3. The van der Waals surface area contributed by atoms with Gasteiger partial charge in [-0.3, -0.25) is 0 Å². The first kappa shape index (κ1) is 23.1. The molecule has 2 heterocycles. The van der Waals surface area contributed by atoms with E-state index in [0.717, 1.165) is 32.9 Å². The fourth-order valence-corrected chi connectivity index (χ4v) is 5.71. The summed E-state index contributed by atoms with van der Waals surface area (Å²) in [6.45, 7) is 5.88. The van der Waals surface area contributed by atoms with E-state index < -0.39 is 0 Å². The molecular weight excluding hydrogens is 474 g/mol. The average molecular weight is 502 g/mol. The van der Waals surface area contributed by atoms with Gasteiger partial charge in [-0.15, -0.1) is 0 Å². The Kier molecular flexibility index (Phi) is 5.53. The molecule has 0 bridgehead atoms. The summed E-state index contributed by atoms with van der Waals surface area (Å²) in [6.07, 6.45) is 5.79. The topological polar surface area (TPSA) is 18.1 Å². The lowest BCUT2D eigenvalue weighted by Crippen LogP contribution is -2.18. The molecule has 2 nitrogen and oxygen atoms in total. The minimum absolute atomic E-state index is 0.842. The van der Waals surface area contributed by atoms with Gasteiger partial charge >= 0.3 is 0 Å². The van der Waals surface area contributed by atoms with Crippen LogP contribution < -0.4 is 10.6 Å². The third-order valence-corrected chi connectivity index (χ3v) is 7.55. The molecule has 0 aliphatic heterocycles. The number of hydrogen-bond acceptors (Lipinski definition) is 1. The predicted octanol–water partition coefficient (Wildman–Crippen LogP) is 8.63. The Hall–Kier alpha value is -5.08. The Morgan fingerprint density at radius 2 is 1.28 bits per heavy atom. The van der Waals surface area contributed by atoms with Crippen molar-refractivity contribution in [2.75, 3.05) is 0 Å². The molecule has 0 saturated carbocycles. The molecule has 39 heavy (non-hydrogen) atoms. The largest absolute Gasteiger partial charge is 0.456 e. The maximum absolute atomic E-state index is 6.09. The fourth-order valence-electron chi connectivity index (χ4n) is 5.71. The van der Waals surface area contributed by atoms with E-state index in [4.69, 9.17) is 4.42 Å². The van der Waals surface area contributed by atoms with Gasteiger partial charge in [0.2, 0.25) is 0 Å². The van der Waals surface area contributed by atoms with Crippen LogP contribution in [-0.4, -0.2) is 4.57 Å². The van der Waals surface area contributed by atoms with Crippen molar-refractivity contribution < 1.29 is 4.42 Å². The van der Waals surface area contributed by atoms with Gasteiger partial charge in [0.05, 0.1) is 11.0 Å². The molecule has 0 radical (unpaired) electrons. The van der Waals surface area contributed by atoms with E-state index in [2.05, 4.69) is 132 Å². The van der Waals surface area contributed by atoms with E-state index in [-0.39, 0.29) is 0 Å². The highest BCUT2D eigenvalue weighted by atomic mass is 16.3. The molecule has 7 rings (SSSR count). The summed E-state index contributed by atoms with van der Waals surface area (Å²) in [7, 11) is 0. The zero-order chi connectivity index (χ0) is 26.3. The number of aromatic nitrogens is 1. The van der Waals surface area contributed by atoms with Gasteiger partial charge in [-0.1, -0.05) is 97.6 Å². The van der Waals surface area contributed by atoms with Gasteiger partial charge in [-0.2, -0.15) is 0 Å². The Morgan fingerprint density at radius 3 is 2.08 bits per heavy atom. The minimum Gasteiger partial charge on any atom is -0.456 e. The van der Waals surface area contributed by atoms with Gasteiger partial charge in [-0.05, 0) is 71.7 Å². The summed E-state index contributed by atoms with van der Waals surface area (Å²) in [5, 5.41) is 4.71. The Morgan fingerprint density at radius 1 is 0.615 bits per heavy atom. The molecule has 7 aromatic rings. The third-order valence-electron chi connectivity index (χ3n) is 7.55. The van der Waals surface area contributed by atoms with Crippen molar-refractivity contribution in [2.45, 2.75) is 6.92 Å². The van der Waals surface area contributed by atoms with Gasteiger partial charge in [-0.25, -0.2) is 0 Å². The van der Waals surface area contributed by atoms with Crippen LogP contribution in [0.1, 0.15) is 6.92 Å². The van der Waals surface area contributed by atoms with Crippen LogP contribution in [0.5, 0.6) is 0 Å². The van der Waals surface area contributed by atoms with Crippen LogP contribution in [0.2, 0.25) is 0 Å². The molecule has 2 aromatic heterocycles. The van der Waals surface area contributed by atoms with E-state index in [1.54, 1.807) is 6.08 Å². The molecule has 0 fully saturated rings. The Bertz CT molecular complexity index is 2120. The zero-order valence-corrected chi connectivity index (χ0v) is 21.8. The van der Waals surface area contributed by atoms with Crippen LogP contribution in [0.25, 0.3) is 72.9 Å². The number of fused-ring (bicyclic) bond motifs is 4. The average Bonchev–Trinajstić information content (AvgIpc) is 3.52. The molecule has 2 heteroatoms. The van der Waals surface area contributed by atoms with Crippen molar-refractivity contribution in [2.24, 2.45) is 0 Å². The summed E-state index contributed by atoms with van der Waals surface area (Å²) in [6, 6.07) is 41.3. The lowest BCUT2D eigenvalue weighted by Gasteiger charge is -2.10. The molecule has 0 amide bonds. The summed E-state index contributed by atoms with van der Waals surface area (Å²) < 4.78 is 8.46. The van der Waals surface area contributed by atoms with Crippen LogP contribution in [0.3, 0.4) is 0 Å². The van der Waals surface area contributed by atoms with Crippen molar-refractivity contribution >= 4 is 44.9 Å². The normalized spacial score (nSPS) is 12.6. The number of benzene rings is 5. The van der Waals surface area contributed by atoms with E-state index in [1.807, 2.05) is 13.0 Å². The van der Waals surface area contributed by atoms with E-state index in [9.17, 15) is 0 Å². The lowest BCUT2D eigenvalue weighted by molar-refractivity contribution is 0.575. The van der Waals surface area contributed by atoms with Crippen LogP contribution in [0.4, 0.5) is 0 Å². The lowest BCUT2D eigenvalue weighted by atomic mass is 10.0. The molecule has 0 aliphatic carbocycles. The summed E-state index contributed by atoms with van der Waals surface area (Å²) >= 11 is 0. The second-order valence-corrected chi connectivity index (χ2v) is 9.78. The summed E-state index contributed by atoms with van der Waals surface area (Å²) in [4.78, 5) is 0.